The van der Waals surface area contributed by atoms with E-state index >= 15 is 0 Å². The number of benzene rings is 6. The first-order valence-corrected chi connectivity index (χ1v) is 17.3. The summed E-state index contributed by atoms with van der Waals surface area (Å²) in [5.74, 6) is 0.850. The molecule has 6 heteroatoms. The van der Waals surface area contributed by atoms with Gasteiger partial charge in [-0.2, -0.15) is 0 Å². The fourth-order valence-electron chi connectivity index (χ4n) is 7.14. The number of fused-ring (bicyclic) bond motifs is 9. The van der Waals surface area contributed by atoms with Crippen LogP contribution in [0.3, 0.4) is 0 Å². The van der Waals surface area contributed by atoms with E-state index in [0.29, 0.717) is 0 Å². The smallest absolute Gasteiger partial charge is 0.160 e. The maximum atomic E-state index is 6.81. The van der Waals surface area contributed by atoms with Crippen LogP contribution in [0.25, 0.3) is 81.7 Å². The van der Waals surface area contributed by atoms with Gasteiger partial charge in [0.1, 0.15) is 33.1 Å². The number of aryl methyl sites for hydroxylation is 1. The van der Waals surface area contributed by atoms with Crippen molar-refractivity contribution in [2.75, 3.05) is 4.90 Å². The highest BCUT2D eigenvalue weighted by molar-refractivity contribution is 7.22. The van der Waals surface area contributed by atoms with Gasteiger partial charge in [-0.05, 0) is 55.5 Å². The number of allylic oxidation sites excluding steroid dienone is 2. The van der Waals surface area contributed by atoms with Gasteiger partial charge >= 0.3 is 0 Å². The molecule has 50 heavy (non-hydrogen) atoms. The van der Waals surface area contributed by atoms with Gasteiger partial charge < -0.3 is 18.2 Å². The normalized spacial score (nSPS) is 12.1. The Labute approximate surface area is 290 Å². The molecule has 0 atom stereocenters. The minimum atomic E-state index is 0.793. The minimum absolute atomic E-state index is 0.793. The van der Waals surface area contributed by atoms with Crippen molar-refractivity contribution in [3.8, 4) is 10.6 Å². The molecule has 6 aromatic carbocycles. The third kappa shape index (κ3) is 4.35. The Balaban J connectivity index is 1.30. The molecule has 0 amide bonds. The molecule has 0 spiro atoms. The molecule has 5 nitrogen and oxygen atoms in total. The Hall–Kier alpha value is -6.37. The highest BCUT2D eigenvalue weighted by Gasteiger charge is 2.25. The van der Waals surface area contributed by atoms with Gasteiger partial charge in [-0.3, -0.25) is 0 Å². The lowest BCUT2D eigenvalue weighted by Crippen LogP contribution is -2.10. The summed E-state index contributed by atoms with van der Waals surface area (Å²) in [5.41, 5.74) is 9.88. The quantitative estimate of drug-likeness (QED) is 0.166. The second-order valence-electron chi connectivity index (χ2n) is 12.4. The van der Waals surface area contributed by atoms with Crippen LogP contribution in [0.5, 0.6) is 0 Å². The van der Waals surface area contributed by atoms with Crippen LogP contribution in [0.4, 0.5) is 17.1 Å². The molecule has 4 aromatic heterocycles. The summed E-state index contributed by atoms with van der Waals surface area (Å²) >= 11 is 1.70. The van der Waals surface area contributed by atoms with E-state index in [9.17, 15) is 0 Å². The van der Waals surface area contributed by atoms with Gasteiger partial charge in [-0.25, -0.2) is 4.98 Å². The average Bonchev–Trinajstić information content (AvgIpc) is 3.92. The van der Waals surface area contributed by atoms with Crippen molar-refractivity contribution in [3.05, 3.63) is 151 Å². The minimum Gasteiger partial charge on any atom is -0.461 e. The number of furan rings is 3. The third-order valence-electron chi connectivity index (χ3n) is 9.42. The van der Waals surface area contributed by atoms with Gasteiger partial charge in [0.05, 0.1) is 21.6 Å². The van der Waals surface area contributed by atoms with Crippen LogP contribution in [0, 0.1) is 6.92 Å². The SMILES string of the molecule is C=C/C=C\c1c(C)oc2ccc(N(c3ccc4c(c3)oc3ccccc34)c3cc4nc(-c5ccccc5)sc4c4c3oc3ccccc34)cc12. The molecule has 0 aliphatic heterocycles. The third-order valence-corrected chi connectivity index (χ3v) is 10.6. The van der Waals surface area contributed by atoms with Crippen molar-refractivity contribution in [2.45, 2.75) is 6.92 Å². The number of hydrogen-bond acceptors (Lipinski definition) is 6. The second-order valence-corrected chi connectivity index (χ2v) is 13.4. The zero-order chi connectivity index (χ0) is 33.3. The predicted octanol–water partition coefficient (Wildman–Crippen LogP) is 13.5. The molecule has 0 saturated carbocycles. The second kappa shape index (κ2) is 11.1. The molecule has 10 aromatic rings. The summed E-state index contributed by atoms with van der Waals surface area (Å²) in [4.78, 5) is 7.48. The van der Waals surface area contributed by atoms with E-state index in [1.807, 2.05) is 61.5 Å². The molecular weight excluding hydrogens is 637 g/mol. The Morgan fingerprint density at radius 2 is 1.36 bits per heavy atom. The molecule has 238 valence electrons. The topological polar surface area (TPSA) is 55.6 Å². The largest absolute Gasteiger partial charge is 0.461 e. The van der Waals surface area contributed by atoms with E-state index in [1.165, 1.54) is 0 Å². The van der Waals surface area contributed by atoms with Crippen molar-refractivity contribution >= 4 is 99.5 Å². The first-order chi connectivity index (χ1) is 24.6. The number of aromatic nitrogens is 1. The van der Waals surface area contributed by atoms with Crippen molar-refractivity contribution in [3.63, 3.8) is 0 Å². The summed E-state index contributed by atoms with van der Waals surface area (Å²) in [7, 11) is 0. The fraction of sp³-hybridized carbons (Fsp3) is 0.0227. The van der Waals surface area contributed by atoms with Crippen molar-refractivity contribution in [1.29, 1.82) is 0 Å². The number of anilines is 3. The Morgan fingerprint density at radius 1 is 0.660 bits per heavy atom. The van der Waals surface area contributed by atoms with E-state index in [4.69, 9.17) is 18.2 Å². The van der Waals surface area contributed by atoms with Crippen LogP contribution in [0.15, 0.2) is 153 Å². The number of para-hydroxylation sites is 2. The summed E-state index contributed by atoms with van der Waals surface area (Å²) < 4.78 is 20.5. The maximum Gasteiger partial charge on any atom is 0.160 e. The van der Waals surface area contributed by atoms with Crippen LogP contribution < -0.4 is 4.90 Å². The molecule has 0 radical (unpaired) electrons. The average molecular weight is 665 g/mol. The molecular formula is C44H28N2O3S. The maximum absolute atomic E-state index is 6.81. The van der Waals surface area contributed by atoms with E-state index in [1.54, 1.807) is 17.4 Å². The number of hydrogen-bond donors (Lipinski definition) is 0. The van der Waals surface area contributed by atoms with Crippen LogP contribution in [-0.2, 0) is 0 Å². The van der Waals surface area contributed by atoms with Gasteiger partial charge in [0.2, 0.25) is 0 Å². The van der Waals surface area contributed by atoms with E-state index in [0.717, 1.165) is 104 Å². The monoisotopic (exact) mass is 664 g/mol. The van der Waals surface area contributed by atoms with Crippen LogP contribution in [0.1, 0.15) is 11.3 Å². The number of thiazole rings is 1. The highest BCUT2D eigenvalue weighted by atomic mass is 32.1. The lowest BCUT2D eigenvalue weighted by Gasteiger charge is -2.25. The van der Waals surface area contributed by atoms with Crippen LogP contribution in [0.2, 0.25) is 0 Å². The first kappa shape index (κ1) is 28.6. The molecule has 0 aliphatic carbocycles. The van der Waals surface area contributed by atoms with Crippen molar-refractivity contribution in [2.24, 2.45) is 0 Å². The van der Waals surface area contributed by atoms with E-state index in [-0.39, 0.29) is 0 Å². The van der Waals surface area contributed by atoms with Crippen LogP contribution >= 0.6 is 11.3 Å². The Bertz CT molecular complexity index is 2980. The molecule has 0 aliphatic rings. The highest BCUT2D eigenvalue weighted by Crippen LogP contribution is 2.49. The Kier molecular flexibility index (Phi) is 6.35. The first-order valence-electron chi connectivity index (χ1n) is 16.5. The zero-order valence-corrected chi connectivity index (χ0v) is 27.8. The molecule has 0 saturated heterocycles. The van der Waals surface area contributed by atoms with E-state index in [2.05, 4.69) is 90.3 Å². The number of rotatable bonds is 6. The molecule has 0 N–H and O–H groups in total. The fourth-order valence-corrected chi connectivity index (χ4v) is 8.25. The standard InChI is InChI=1S/C44H28N2O3S/c1-3-4-14-30-26(2)47-39-22-20-28(23-34(30)39)46(29-19-21-32-31-15-8-10-17-37(31)48-40(32)24-29)36-25-35-43(50-44(45-35)27-12-6-5-7-13-27)41-33-16-9-11-18-38(33)49-42(36)41/h3-25H,1H2,2H3/b14-4-. The molecule has 4 heterocycles. The molecule has 0 fully saturated rings. The zero-order valence-electron chi connectivity index (χ0n) is 27.0. The van der Waals surface area contributed by atoms with Gasteiger partial charge in [0.15, 0.2) is 5.58 Å². The van der Waals surface area contributed by atoms with E-state index < -0.39 is 0 Å². The predicted molar refractivity (Wildman–Crippen MR) is 208 cm³/mol. The summed E-state index contributed by atoms with van der Waals surface area (Å²) in [6.07, 6.45) is 5.77. The summed E-state index contributed by atoms with van der Waals surface area (Å²) in [6, 6.07) is 41.7. The number of nitrogens with zero attached hydrogens (tertiary/aromatic N) is 2. The Morgan fingerprint density at radius 3 is 2.20 bits per heavy atom. The van der Waals surface area contributed by atoms with Crippen molar-refractivity contribution in [1.82, 2.24) is 4.98 Å². The lowest BCUT2D eigenvalue weighted by atomic mass is 10.1. The molecule has 0 unspecified atom stereocenters. The molecule has 0 bridgehead atoms. The molecule has 10 rings (SSSR count). The van der Waals surface area contributed by atoms with Gasteiger partial charge in [-0.15, -0.1) is 11.3 Å². The summed E-state index contributed by atoms with van der Waals surface area (Å²) in [5, 5.41) is 6.24. The van der Waals surface area contributed by atoms with Crippen LogP contribution in [-0.4, -0.2) is 4.98 Å². The van der Waals surface area contributed by atoms with Gasteiger partial charge in [-0.1, -0.05) is 91.5 Å². The summed E-state index contributed by atoms with van der Waals surface area (Å²) in [6.45, 7) is 5.87. The van der Waals surface area contributed by atoms with Gasteiger partial charge in [0.25, 0.3) is 0 Å². The van der Waals surface area contributed by atoms with Gasteiger partial charge in [0, 0.05) is 49.8 Å². The van der Waals surface area contributed by atoms with Crippen molar-refractivity contribution < 1.29 is 13.3 Å². The lowest BCUT2D eigenvalue weighted by molar-refractivity contribution is 0.577.